The van der Waals surface area contributed by atoms with Gasteiger partial charge in [0.2, 0.25) is 0 Å². The second-order valence-corrected chi connectivity index (χ2v) is 6.60. The molecule has 1 atom stereocenters. The molecule has 0 aliphatic carbocycles. The van der Waals surface area contributed by atoms with Crippen molar-refractivity contribution in [3.63, 3.8) is 0 Å². The lowest BCUT2D eigenvalue weighted by molar-refractivity contribution is 0.0741. The Morgan fingerprint density at radius 1 is 1.30 bits per heavy atom. The molecule has 1 amide bonds. The van der Waals surface area contributed by atoms with E-state index in [0.717, 1.165) is 13.6 Å². The Kier molecular flexibility index (Phi) is 5.15. The Bertz CT molecular complexity index is 619. The molecule has 0 spiro atoms. The number of nitrogens with zero attached hydrogens (tertiary/aromatic N) is 2. The van der Waals surface area contributed by atoms with Crippen LogP contribution in [0.5, 0.6) is 0 Å². The van der Waals surface area contributed by atoms with E-state index in [4.69, 9.17) is 0 Å². The molecule has 0 fully saturated rings. The Labute approximate surface area is 140 Å². The molecule has 0 saturated heterocycles. The third kappa shape index (κ3) is 3.38. The second kappa shape index (κ2) is 6.67. The van der Waals surface area contributed by atoms with E-state index < -0.39 is 0 Å². The Balaban J connectivity index is 2.27. The number of rotatable bonds is 3. The molecule has 2 aromatic rings. The normalized spacial score (nSPS) is 12.0. The summed E-state index contributed by atoms with van der Waals surface area (Å²) in [6.07, 6.45) is 3.48. The lowest BCUT2D eigenvalue weighted by atomic mass is 10.1. The van der Waals surface area contributed by atoms with Crippen LogP contribution in [0.3, 0.4) is 0 Å². The standard InChI is InChI=1S/C15H14BrIN2O/c1-10(11-5-7-18-8-6-11)19(2)15(20)13-9-12(17)3-4-14(13)16/h3-10H,1-2H3. The van der Waals surface area contributed by atoms with Crippen LogP contribution in [0.2, 0.25) is 0 Å². The monoisotopic (exact) mass is 444 g/mol. The van der Waals surface area contributed by atoms with Gasteiger partial charge in [-0.2, -0.15) is 0 Å². The van der Waals surface area contributed by atoms with Gasteiger partial charge in [0.15, 0.2) is 0 Å². The van der Waals surface area contributed by atoms with E-state index in [1.54, 1.807) is 17.3 Å². The highest BCUT2D eigenvalue weighted by atomic mass is 127. The van der Waals surface area contributed by atoms with Crippen molar-refractivity contribution in [3.8, 4) is 0 Å². The summed E-state index contributed by atoms with van der Waals surface area (Å²) in [5.41, 5.74) is 1.75. The van der Waals surface area contributed by atoms with Crippen LogP contribution in [-0.2, 0) is 0 Å². The number of hydrogen-bond acceptors (Lipinski definition) is 2. The molecule has 0 radical (unpaired) electrons. The molecule has 0 aliphatic heterocycles. The maximum absolute atomic E-state index is 12.6. The first-order valence-electron chi connectivity index (χ1n) is 6.13. The molecule has 3 nitrogen and oxygen atoms in total. The molecule has 1 aromatic heterocycles. The largest absolute Gasteiger partial charge is 0.335 e. The number of halogens is 2. The van der Waals surface area contributed by atoms with E-state index in [1.165, 1.54) is 0 Å². The average molecular weight is 445 g/mol. The fraction of sp³-hybridized carbons (Fsp3) is 0.200. The topological polar surface area (TPSA) is 33.2 Å². The molecule has 0 aliphatic rings. The van der Waals surface area contributed by atoms with Crippen LogP contribution in [0.4, 0.5) is 0 Å². The van der Waals surface area contributed by atoms with Crippen LogP contribution in [0.25, 0.3) is 0 Å². The Morgan fingerprint density at radius 3 is 2.60 bits per heavy atom. The average Bonchev–Trinajstić information content (AvgIpc) is 2.48. The summed E-state index contributed by atoms with van der Waals surface area (Å²) in [6, 6.07) is 9.61. The number of carbonyl (C=O) groups excluding carboxylic acids is 1. The number of amides is 1. The van der Waals surface area contributed by atoms with Crippen LogP contribution >= 0.6 is 38.5 Å². The molecule has 2 rings (SSSR count). The van der Waals surface area contributed by atoms with Gasteiger partial charge in [0, 0.05) is 27.5 Å². The molecule has 20 heavy (non-hydrogen) atoms. The predicted molar refractivity (Wildman–Crippen MR) is 91.6 cm³/mol. The van der Waals surface area contributed by atoms with Gasteiger partial charge in [0.05, 0.1) is 11.6 Å². The first-order chi connectivity index (χ1) is 9.50. The van der Waals surface area contributed by atoms with Gasteiger partial charge in [-0.1, -0.05) is 0 Å². The smallest absolute Gasteiger partial charge is 0.255 e. The lowest BCUT2D eigenvalue weighted by Gasteiger charge is -2.25. The zero-order valence-electron chi connectivity index (χ0n) is 11.2. The SMILES string of the molecule is CC(c1ccncc1)N(C)C(=O)c1cc(I)ccc1Br. The second-order valence-electron chi connectivity index (χ2n) is 4.50. The van der Waals surface area contributed by atoms with Gasteiger partial charge in [0.1, 0.15) is 0 Å². The third-order valence-electron chi connectivity index (χ3n) is 3.25. The molecular weight excluding hydrogens is 431 g/mol. The van der Waals surface area contributed by atoms with Crippen LogP contribution in [0.1, 0.15) is 28.9 Å². The van der Waals surface area contributed by atoms with E-state index in [0.29, 0.717) is 5.56 Å². The summed E-state index contributed by atoms with van der Waals surface area (Å²) in [7, 11) is 1.82. The lowest BCUT2D eigenvalue weighted by Crippen LogP contribution is -2.30. The minimum Gasteiger partial charge on any atom is -0.335 e. The molecular formula is C15H14BrIN2O. The van der Waals surface area contributed by atoms with Gasteiger partial charge in [0.25, 0.3) is 5.91 Å². The van der Waals surface area contributed by atoms with Gasteiger partial charge in [-0.25, -0.2) is 0 Å². The van der Waals surface area contributed by atoms with Crippen molar-refractivity contribution in [2.45, 2.75) is 13.0 Å². The first kappa shape index (κ1) is 15.4. The van der Waals surface area contributed by atoms with E-state index in [2.05, 4.69) is 43.5 Å². The molecule has 104 valence electrons. The number of carbonyl (C=O) groups is 1. The Morgan fingerprint density at radius 2 is 1.95 bits per heavy atom. The maximum atomic E-state index is 12.6. The summed E-state index contributed by atoms with van der Waals surface area (Å²) in [5.74, 6) is -0.000275. The zero-order valence-corrected chi connectivity index (χ0v) is 14.9. The van der Waals surface area contributed by atoms with E-state index in [1.807, 2.05) is 44.3 Å². The molecule has 5 heteroatoms. The van der Waals surface area contributed by atoms with Crippen molar-refractivity contribution in [1.29, 1.82) is 0 Å². The molecule has 1 heterocycles. The fourth-order valence-corrected chi connectivity index (χ4v) is 2.80. The first-order valence-corrected chi connectivity index (χ1v) is 8.00. The van der Waals surface area contributed by atoms with E-state index in [9.17, 15) is 4.79 Å². The van der Waals surface area contributed by atoms with Crippen molar-refractivity contribution in [1.82, 2.24) is 9.88 Å². The summed E-state index contributed by atoms with van der Waals surface area (Å²) in [6.45, 7) is 2.01. The number of hydrogen-bond donors (Lipinski definition) is 0. The summed E-state index contributed by atoms with van der Waals surface area (Å²) >= 11 is 5.65. The molecule has 0 N–H and O–H groups in total. The minimum atomic E-state index is -0.00438. The number of aromatic nitrogens is 1. The molecule has 0 bridgehead atoms. The predicted octanol–water partition coefficient (Wildman–Crippen LogP) is 4.28. The van der Waals surface area contributed by atoms with Gasteiger partial charge < -0.3 is 4.90 Å². The van der Waals surface area contributed by atoms with Crippen LogP contribution in [0.15, 0.2) is 47.2 Å². The van der Waals surface area contributed by atoms with Crippen molar-refractivity contribution in [2.24, 2.45) is 0 Å². The van der Waals surface area contributed by atoms with Crippen molar-refractivity contribution >= 4 is 44.4 Å². The number of pyridine rings is 1. The van der Waals surface area contributed by atoms with Crippen LogP contribution < -0.4 is 0 Å². The fourth-order valence-electron chi connectivity index (χ4n) is 1.89. The highest BCUT2D eigenvalue weighted by Crippen LogP contribution is 2.25. The Hall–Kier alpha value is -0.950. The van der Waals surface area contributed by atoms with Crippen molar-refractivity contribution in [3.05, 3.63) is 61.9 Å². The van der Waals surface area contributed by atoms with Crippen LogP contribution in [-0.4, -0.2) is 22.8 Å². The van der Waals surface area contributed by atoms with E-state index >= 15 is 0 Å². The summed E-state index contributed by atoms with van der Waals surface area (Å²) < 4.78 is 1.86. The van der Waals surface area contributed by atoms with Gasteiger partial charge in [-0.3, -0.25) is 9.78 Å². The van der Waals surface area contributed by atoms with E-state index in [-0.39, 0.29) is 11.9 Å². The summed E-state index contributed by atoms with van der Waals surface area (Å²) in [5, 5.41) is 0. The number of benzene rings is 1. The summed E-state index contributed by atoms with van der Waals surface area (Å²) in [4.78, 5) is 18.4. The molecule has 1 aromatic carbocycles. The quantitative estimate of drug-likeness (QED) is 0.662. The minimum absolute atomic E-state index is 0.000275. The zero-order chi connectivity index (χ0) is 14.7. The van der Waals surface area contributed by atoms with Crippen molar-refractivity contribution in [2.75, 3.05) is 7.05 Å². The maximum Gasteiger partial charge on any atom is 0.255 e. The highest BCUT2D eigenvalue weighted by Gasteiger charge is 2.20. The van der Waals surface area contributed by atoms with Crippen molar-refractivity contribution < 1.29 is 4.79 Å². The van der Waals surface area contributed by atoms with Gasteiger partial charge >= 0.3 is 0 Å². The van der Waals surface area contributed by atoms with Crippen LogP contribution in [0, 0.1) is 3.57 Å². The highest BCUT2D eigenvalue weighted by molar-refractivity contribution is 14.1. The third-order valence-corrected chi connectivity index (χ3v) is 4.61. The molecule has 0 saturated carbocycles. The van der Waals surface area contributed by atoms with Gasteiger partial charge in [-0.05, 0) is 81.3 Å². The molecule has 1 unspecified atom stereocenters. The van der Waals surface area contributed by atoms with Gasteiger partial charge in [-0.15, -0.1) is 0 Å².